The lowest BCUT2D eigenvalue weighted by Crippen LogP contribution is -2.30. The average molecular weight is 323 g/mol. The number of fused-ring (bicyclic) bond motifs is 1. The number of nitrogens with zero attached hydrogens (tertiary/aromatic N) is 2. The van der Waals surface area contributed by atoms with Crippen LogP contribution in [0, 0.1) is 13.8 Å². The Morgan fingerprint density at radius 3 is 2.62 bits per heavy atom. The van der Waals surface area contributed by atoms with E-state index in [9.17, 15) is 4.79 Å². The molecule has 0 unspecified atom stereocenters. The number of pyridine rings is 1. The van der Waals surface area contributed by atoms with Crippen LogP contribution in [0.3, 0.4) is 0 Å². The molecule has 1 amide bonds. The van der Waals surface area contributed by atoms with Gasteiger partial charge >= 0.3 is 0 Å². The second-order valence-electron chi connectivity index (χ2n) is 5.91. The lowest BCUT2D eigenvalue weighted by Gasteiger charge is -2.07. The maximum absolute atomic E-state index is 11.8. The van der Waals surface area contributed by atoms with Crippen molar-refractivity contribution in [3.63, 3.8) is 0 Å². The first-order valence-corrected chi connectivity index (χ1v) is 8.00. The van der Waals surface area contributed by atoms with E-state index >= 15 is 0 Å². The maximum Gasteiger partial charge on any atom is 0.257 e. The van der Waals surface area contributed by atoms with Gasteiger partial charge in [0.25, 0.3) is 5.91 Å². The minimum absolute atomic E-state index is 0.0213. The molecule has 0 fully saturated rings. The van der Waals surface area contributed by atoms with E-state index < -0.39 is 0 Å². The molecule has 0 radical (unpaired) electrons. The summed E-state index contributed by atoms with van der Waals surface area (Å²) in [6, 6.07) is 11.7. The standard InChI is InChI=1S/C19H21N3O2/c1-14-3-6-17(7-4-14)24-13-19(23)20-10-9-16-12-22-11-15(2)5-8-18(22)21-16/h3-8,11-12H,9-10,13H2,1-2H3,(H,20,23). The molecule has 3 aromatic rings. The van der Waals surface area contributed by atoms with E-state index in [0.717, 1.165) is 16.9 Å². The highest BCUT2D eigenvalue weighted by atomic mass is 16.5. The van der Waals surface area contributed by atoms with Crippen LogP contribution in [0.5, 0.6) is 5.75 Å². The average Bonchev–Trinajstić information content (AvgIpc) is 2.96. The Kier molecular flexibility index (Phi) is 4.79. The Bertz CT molecular complexity index is 837. The number of ether oxygens (including phenoxy) is 1. The predicted octanol–water partition coefficient (Wildman–Crippen LogP) is 2.69. The summed E-state index contributed by atoms with van der Waals surface area (Å²) in [7, 11) is 0. The number of benzene rings is 1. The normalized spacial score (nSPS) is 10.8. The van der Waals surface area contributed by atoms with Gasteiger partial charge in [-0.05, 0) is 37.6 Å². The molecule has 0 saturated heterocycles. The number of aryl methyl sites for hydroxylation is 2. The van der Waals surface area contributed by atoms with Gasteiger partial charge in [0.15, 0.2) is 6.61 Å². The van der Waals surface area contributed by atoms with Crippen molar-refractivity contribution in [1.29, 1.82) is 0 Å². The van der Waals surface area contributed by atoms with Gasteiger partial charge in [0.1, 0.15) is 11.4 Å². The number of nitrogens with one attached hydrogen (secondary N) is 1. The highest BCUT2D eigenvalue weighted by Crippen LogP contribution is 2.11. The second kappa shape index (κ2) is 7.17. The summed E-state index contributed by atoms with van der Waals surface area (Å²) in [4.78, 5) is 16.4. The Morgan fingerprint density at radius 2 is 1.83 bits per heavy atom. The van der Waals surface area contributed by atoms with Crippen LogP contribution in [0.2, 0.25) is 0 Å². The molecule has 5 nitrogen and oxygen atoms in total. The first-order chi connectivity index (χ1) is 11.6. The van der Waals surface area contributed by atoms with Crippen LogP contribution in [0.1, 0.15) is 16.8 Å². The summed E-state index contributed by atoms with van der Waals surface area (Å²) >= 11 is 0. The lowest BCUT2D eigenvalue weighted by molar-refractivity contribution is -0.123. The molecule has 1 aromatic carbocycles. The van der Waals surface area contributed by atoms with Gasteiger partial charge in [0, 0.05) is 25.4 Å². The molecule has 5 heteroatoms. The van der Waals surface area contributed by atoms with E-state index in [1.165, 1.54) is 5.56 Å². The number of hydrogen-bond acceptors (Lipinski definition) is 3. The molecular weight excluding hydrogens is 302 g/mol. The summed E-state index contributed by atoms with van der Waals surface area (Å²) in [5.41, 5.74) is 4.23. The molecule has 0 bridgehead atoms. The molecule has 0 aliphatic carbocycles. The number of rotatable bonds is 6. The van der Waals surface area contributed by atoms with Crippen molar-refractivity contribution in [2.24, 2.45) is 0 Å². The fourth-order valence-corrected chi connectivity index (χ4v) is 2.44. The van der Waals surface area contributed by atoms with Gasteiger partial charge in [-0.15, -0.1) is 0 Å². The van der Waals surface area contributed by atoms with Gasteiger partial charge in [-0.25, -0.2) is 4.98 Å². The van der Waals surface area contributed by atoms with Gasteiger partial charge in [-0.3, -0.25) is 4.79 Å². The molecule has 0 saturated carbocycles. The van der Waals surface area contributed by atoms with Crippen molar-refractivity contribution >= 4 is 11.6 Å². The molecule has 1 N–H and O–H groups in total. The van der Waals surface area contributed by atoms with E-state index in [1.54, 1.807) is 0 Å². The number of amides is 1. The van der Waals surface area contributed by atoms with E-state index in [0.29, 0.717) is 18.7 Å². The maximum atomic E-state index is 11.8. The van der Waals surface area contributed by atoms with Crippen molar-refractivity contribution in [3.05, 3.63) is 65.6 Å². The zero-order valence-electron chi connectivity index (χ0n) is 14.0. The molecule has 24 heavy (non-hydrogen) atoms. The summed E-state index contributed by atoms with van der Waals surface area (Å²) in [5, 5.41) is 2.86. The van der Waals surface area contributed by atoms with Gasteiger partial charge < -0.3 is 14.5 Å². The summed E-state index contributed by atoms with van der Waals surface area (Å²) in [6.45, 7) is 4.62. The fraction of sp³-hybridized carbons (Fsp3) is 0.263. The first-order valence-electron chi connectivity index (χ1n) is 8.00. The van der Waals surface area contributed by atoms with Crippen LogP contribution in [0.25, 0.3) is 5.65 Å². The fourth-order valence-electron chi connectivity index (χ4n) is 2.44. The Hall–Kier alpha value is -2.82. The van der Waals surface area contributed by atoms with E-state index in [4.69, 9.17) is 4.74 Å². The monoisotopic (exact) mass is 323 g/mol. The van der Waals surface area contributed by atoms with Gasteiger partial charge in [-0.2, -0.15) is 0 Å². The molecule has 2 heterocycles. The van der Waals surface area contributed by atoms with E-state index in [-0.39, 0.29) is 12.5 Å². The van der Waals surface area contributed by atoms with Crippen LogP contribution in [0.15, 0.2) is 48.8 Å². The summed E-state index contributed by atoms with van der Waals surface area (Å²) in [5.74, 6) is 0.571. The smallest absolute Gasteiger partial charge is 0.257 e. The minimum atomic E-state index is -0.129. The van der Waals surface area contributed by atoms with Gasteiger partial charge in [0.05, 0.1) is 5.69 Å². The van der Waals surface area contributed by atoms with Crippen LogP contribution < -0.4 is 10.1 Å². The molecule has 124 valence electrons. The molecule has 0 aliphatic heterocycles. The summed E-state index contributed by atoms with van der Waals surface area (Å²) < 4.78 is 7.46. The van der Waals surface area contributed by atoms with Crippen molar-refractivity contribution in [2.45, 2.75) is 20.3 Å². The number of carbonyl (C=O) groups is 1. The van der Waals surface area contributed by atoms with Crippen LogP contribution in [0.4, 0.5) is 0 Å². The van der Waals surface area contributed by atoms with E-state index in [2.05, 4.69) is 10.3 Å². The zero-order valence-corrected chi connectivity index (χ0v) is 14.0. The SMILES string of the molecule is Cc1ccc(OCC(=O)NCCc2cn3cc(C)ccc3n2)cc1. The van der Waals surface area contributed by atoms with Crippen molar-refractivity contribution < 1.29 is 9.53 Å². The Morgan fingerprint density at radius 1 is 1.08 bits per heavy atom. The molecular formula is C19H21N3O2. The van der Waals surface area contributed by atoms with Crippen molar-refractivity contribution in [3.8, 4) is 5.75 Å². The topological polar surface area (TPSA) is 55.6 Å². The molecule has 2 aromatic heterocycles. The van der Waals surface area contributed by atoms with Crippen molar-refractivity contribution in [1.82, 2.24) is 14.7 Å². The van der Waals surface area contributed by atoms with E-state index in [1.807, 2.05) is 67.0 Å². The first kappa shape index (κ1) is 16.1. The number of imidazole rings is 1. The Labute approximate surface area is 141 Å². The highest BCUT2D eigenvalue weighted by molar-refractivity contribution is 5.77. The van der Waals surface area contributed by atoms with Crippen molar-refractivity contribution in [2.75, 3.05) is 13.2 Å². The molecule has 3 rings (SSSR count). The molecule has 0 aliphatic rings. The predicted molar refractivity (Wildman–Crippen MR) is 93.3 cm³/mol. The third kappa shape index (κ3) is 4.13. The third-order valence-electron chi connectivity index (χ3n) is 3.74. The highest BCUT2D eigenvalue weighted by Gasteiger charge is 2.05. The van der Waals surface area contributed by atoms with Crippen LogP contribution >= 0.6 is 0 Å². The van der Waals surface area contributed by atoms with Crippen LogP contribution in [-0.4, -0.2) is 28.4 Å². The quantitative estimate of drug-likeness (QED) is 0.759. The molecule has 0 spiro atoms. The Balaban J connectivity index is 1.44. The zero-order chi connectivity index (χ0) is 16.9. The number of carbonyl (C=O) groups excluding carboxylic acids is 1. The summed E-state index contributed by atoms with van der Waals surface area (Å²) in [6.07, 6.45) is 4.73. The van der Waals surface area contributed by atoms with Crippen LogP contribution in [-0.2, 0) is 11.2 Å². The van der Waals surface area contributed by atoms with Gasteiger partial charge in [0.2, 0.25) is 0 Å². The largest absolute Gasteiger partial charge is 0.484 e. The third-order valence-corrected chi connectivity index (χ3v) is 3.74. The van der Waals surface area contributed by atoms with Gasteiger partial charge in [-0.1, -0.05) is 23.8 Å². The number of aromatic nitrogens is 2. The minimum Gasteiger partial charge on any atom is -0.484 e. The second-order valence-corrected chi connectivity index (χ2v) is 5.91. The molecule has 0 atom stereocenters. The number of hydrogen-bond donors (Lipinski definition) is 1. The lowest BCUT2D eigenvalue weighted by atomic mass is 10.2.